The molecule has 1 aliphatic heterocycles. The summed E-state index contributed by atoms with van der Waals surface area (Å²) in [7, 11) is 1.57. The first kappa shape index (κ1) is 21.7. The molecule has 170 valence electrons. The van der Waals surface area contributed by atoms with Crippen molar-refractivity contribution in [2.75, 3.05) is 12.4 Å². The number of imidazole rings is 1. The number of methoxy groups -OCH3 is 1. The molecular weight excluding hydrogens is 464 g/mol. The van der Waals surface area contributed by atoms with Crippen LogP contribution in [0.5, 0.6) is 5.75 Å². The monoisotopic (exact) mass is 484 g/mol. The lowest BCUT2D eigenvalue weighted by Crippen LogP contribution is -2.13. The van der Waals surface area contributed by atoms with Crippen LogP contribution >= 0.6 is 22.9 Å². The van der Waals surface area contributed by atoms with Gasteiger partial charge in [-0.15, -0.1) is 0 Å². The van der Waals surface area contributed by atoms with Gasteiger partial charge in [-0.1, -0.05) is 29.0 Å². The molecule has 0 fully saturated rings. The number of amides is 1. The number of aliphatic hydroxyl groups excluding tert-OH is 1. The highest BCUT2D eigenvalue weighted by Crippen LogP contribution is 2.38. The summed E-state index contributed by atoms with van der Waals surface area (Å²) >= 11 is 7.38. The molecule has 10 heteroatoms. The summed E-state index contributed by atoms with van der Waals surface area (Å²) in [5.74, 6) is 1.49. The van der Waals surface area contributed by atoms with Crippen molar-refractivity contribution in [3.63, 3.8) is 0 Å². The van der Waals surface area contributed by atoms with Crippen LogP contribution in [0.3, 0.4) is 0 Å². The Labute approximate surface area is 198 Å². The lowest BCUT2D eigenvalue weighted by atomic mass is 10.2. The molecule has 5 rings (SSSR count). The van der Waals surface area contributed by atoms with Crippen molar-refractivity contribution in [2.45, 2.75) is 32.6 Å². The molecule has 1 amide bonds. The van der Waals surface area contributed by atoms with Gasteiger partial charge >= 0.3 is 6.09 Å². The van der Waals surface area contributed by atoms with Crippen molar-refractivity contribution >= 4 is 45.1 Å². The SMILES string of the molecule is COc1cc(Cl)ccc1-c1nc(C)c(NC(=O)OCc2ccc3c(c2)nc2n3CC(O)C2)s1. The number of fused-ring (bicyclic) bond motifs is 3. The molecule has 1 aliphatic rings. The van der Waals surface area contributed by atoms with E-state index in [9.17, 15) is 9.90 Å². The smallest absolute Gasteiger partial charge is 0.412 e. The van der Waals surface area contributed by atoms with Crippen LogP contribution < -0.4 is 10.1 Å². The number of hydrogen-bond acceptors (Lipinski definition) is 7. The Bertz CT molecular complexity index is 1370. The number of aryl methyl sites for hydroxylation is 1. The van der Waals surface area contributed by atoms with Crippen molar-refractivity contribution in [1.82, 2.24) is 14.5 Å². The molecule has 0 saturated heterocycles. The Kier molecular flexibility index (Phi) is 5.69. The number of aliphatic hydroxyl groups is 1. The minimum absolute atomic E-state index is 0.113. The highest BCUT2D eigenvalue weighted by atomic mass is 35.5. The van der Waals surface area contributed by atoms with E-state index in [4.69, 9.17) is 21.1 Å². The molecule has 4 aromatic rings. The number of rotatable bonds is 5. The maximum absolute atomic E-state index is 12.4. The van der Waals surface area contributed by atoms with Gasteiger partial charge in [0.2, 0.25) is 0 Å². The Hall–Kier alpha value is -3.14. The number of aromatic nitrogens is 3. The van der Waals surface area contributed by atoms with Gasteiger partial charge in [-0.05, 0) is 42.8 Å². The van der Waals surface area contributed by atoms with E-state index in [1.54, 1.807) is 19.2 Å². The third kappa shape index (κ3) is 4.27. The van der Waals surface area contributed by atoms with E-state index < -0.39 is 6.09 Å². The van der Waals surface area contributed by atoms with E-state index in [1.807, 2.05) is 35.8 Å². The molecule has 1 atom stereocenters. The number of carbonyl (C=O) groups excluding carboxylic acids is 1. The summed E-state index contributed by atoms with van der Waals surface area (Å²) in [6.07, 6.45) is -0.381. The summed E-state index contributed by atoms with van der Waals surface area (Å²) < 4.78 is 12.8. The van der Waals surface area contributed by atoms with Gasteiger partial charge in [0.25, 0.3) is 0 Å². The van der Waals surface area contributed by atoms with Crippen LogP contribution in [0.4, 0.5) is 9.80 Å². The lowest BCUT2D eigenvalue weighted by Gasteiger charge is -2.07. The summed E-state index contributed by atoms with van der Waals surface area (Å²) in [5.41, 5.74) is 4.12. The standard InChI is InChI=1S/C23H21ClN4O4S/c1-12-21(33-22(25-12)16-5-4-14(24)8-19(16)31-2)27-23(30)32-11-13-3-6-18-17(7-13)26-20-9-15(29)10-28(18)20/h3-8,15,29H,9-11H2,1-2H3,(H,27,30). The minimum Gasteiger partial charge on any atom is -0.496 e. The van der Waals surface area contributed by atoms with Crippen molar-refractivity contribution in [3.8, 4) is 16.3 Å². The number of nitrogens with one attached hydrogen (secondary N) is 1. The fourth-order valence-corrected chi connectivity index (χ4v) is 5.05. The van der Waals surface area contributed by atoms with Crippen LogP contribution in [0, 0.1) is 6.92 Å². The zero-order valence-electron chi connectivity index (χ0n) is 18.0. The zero-order valence-corrected chi connectivity index (χ0v) is 19.5. The van der Waals surface area contributed by atoms with Crippen LogP contribution in [0.25, 0.3) is 21.6 Å². The molecule has 2 N–H and O–H groups in total. The van der Waals surface area contributed by atoms with E-state index >= 15 is 0 Å². The first-order valence-corrected chi connectivity index (χ1v) is 11.5. The number of thiazole rings is 1. The number of ether oxygens (including phenoxy) is 2. The molecule has 2 aromatic heterocycles. The summed E-state index contributed by atoms with van der Waals surface area (Å²) in [6, 6.07) is 11.1. The van der Waals surface area contributed by atoms with E-state index in [0.717, 1.165) is 28.0 Å². The van der Waals surface area contributed by atoms with Gasteiger partial charge in [0.1, 0.15) is 28.2 Å². The highest BCUT2D eigenvalue weighted by molar-refractivity contribution is 7.19. The highest BCUT2D eigenvalue weighted by Gasteiger charge is 2.23. The van der Waals surface area contributed by atoms with Crippen molar-refractivity contribution < 1.29 is 19.4 Å². The normalized spacial score (nSPS) is 15.0. The van der Waals surface area contributed by atoms with Gasteiger partial charge in [-0.3, -0.25) is 5.32 Å². The van der Waals surface area contributed by atoms with E-state index in [2.05, 4.69) is 15.3 Å². The van der Waals surface area contributed by atoms with Crippen LogP contribution in [0.15, 0.2) is 36.4 Å². The van der Waals surface area contributed by atoms with Crippen molar-refractivity contribution in [1.29, 1.82) is 0 Å². The molecule has 8 nitrogen and oxygen atoms in total. The Balaban J connectivity index is 1.26. The lowest BCUT2D eigenvalue weighted by molar-refractivity contribution is 0.155. The molecule has 3 heterocycles. The number of hydrogen-bond donors (Lipinski definition) is 2. The van der Waals surface area contributed by atoms with Gasteiger partial charge < -0.3 is 19.1 Å². The van der Waals surface area contributed by atoms with E-state index in [-0.39, 0.29) is 12.7 Å². The number of anilines is 1. The third-order valence-corrected chi connectivity index (χ3v) is 6.82. The summed E-state index contributed by atoms with van der Waals surface area (Å²) in [4.78, 5) is 21.6. The van der Waals surface area contributed by atoms with Crippen LogP contribution in [-0.4, -0.2) is 38.9 Å². The average molecular weight is 485 g/mol. The first-order valence-electron chi connectivity index (χ1n) is 10.3. The quantitative estimate of drug-likeness (QED) is 0.422. The number of nitrogens with zero attached hydrogens (tertiary/aromatic N) is 3. The molecular formula is C23H21ClN4O4S. The Morgan fingerprint density at radius 3 is 2.97 bits per heavy atom. The molecule has 0 radical (unpaired) electrons. The second kappa shape index (κ2) is 8.66. The van der Waals surface area contributed by atoms with Crippen molar-refractivity contribution in [2.24, 2.45) is 0 Å². The van der Waals surface area contributed by atoms with E-state index in [1.165, 1.54) is 11.3 Å². The van der Waals surface area contributed by atoms with Gasteiger partial charge in [0, 0.05) is 11.4 Å². The molecule has 2 aromatic carbocycles. The Morgan fingerprint density at radius 1 is 1.30 bits per heavy atom. The average Bonchev–Trinajstić information content (AvgIpc) is 3.43. The van der Waals surface area contributed by atoms with Crippen LogP contribution in [-0.2, 0) is 24.3 Å². The predicted molar refractivity (Wildman–Crippen MR) is 127 cm³/mol. The predicted octanol–water partition coefficient (Wildman–Crippen LogP) is 4.80. The molecule has 0 aliphatic carbocycles. The minimum atomic E-state index is -0.563. The topological polar surface area (TPSA) is 98.5 Å². The zero-order chi connectivity index (χ0) is 23.1. The van der Waals surface area contributed by atoms with E-state index in [0.29, 0.717) is 39.4 Å². The molecule has 0 spiro atoms. The maximum atomic E-state index is 12.4. The maximum Gasteiger partial charge on any atom is 0.412 e. The summed E-state index contributed by atoms with van der Waals surface area (Å²) in [5, 5.41) is 14.5. The number of carbonyl (C=O) groups is 1. The third-order valence-electron chi connectivity index (χ3n) is 5.48. The molecule has 1 unspecified atom stereocenters. The van der Waals surface area contributed by atoms with Gasteiger partial charge in [-0.2, -0.15) is 0 Å². The van der Waals surface area contributed by atoms with Gasteiger partial charge in [0.05, 0.1) is 42.0 Å². The molecule has 33 heavy (non-hydrogen) atoms. The fourth-order valence-electron chi connectivity index (χ4n) is 3.91. The Morgan fingerprint density at radius 2 is 2.15 bits per heavy atom. The van der Waals surface area contributed by atoms with Gasteiger partial charge in [0.15, 0.2) is 0 Å². The van der Waals surface area contributed by atoms with Crippen LogP contribution in [0.2, 0.25) is 5.02 Å². The largest absolute Gasteiger partial charge is 0.496 e. The van der Waals surface area contributed by atoms with Crippen LogP contribution in [0.1, 0.15) is 17.1 Å². The fraction of sp³-hybridized carbons (Fsp3) is 0.261. The first-order chi connectivity index (χ1) is 15.9. The second-order valence-electron chi connectivity index (χ2n) is 7.80. The molecule has 0 saturated carbocycles. The second-order valence-corrected chi connectivity index (χ2v) is 9.23. The van der Waals surface area contributed by atoms with Gasteiger partial charge in [-0.25, -0.2) is 14.8 Å². The number of benzene rings is 2. The molecule has 0 bridgehead atoms. The van der Waals surface area contributed by atoms with Crippen molar-refractivity contribution in [3.05, 3.63) is 58.5 Å². The summed E-state index contributed by atoms with van der Waals surface area (Å²) in [6.45, 7) is 2.49. The number of halogens is 1.